The maximum Gasteiger partial charge on any atom is 0.445 e. The second-order valence-corrected chi connectivity index (χ2v) is 3.96. The number of hydrogen-bond acceptors (Lipinski definition) is 2. The Labute approximate surface area is 105 Å². The van der Waals surface area contributed by atoms with Gasteiger partial charge in [0.05, 0.1) is 5.69 Å². The molecule has 0 spiro atoms. The van der Waals surface area contributed by atoms with Gasteiger partial charge in [0.2, 0.25) is 0 Å². The molecule has 1 aliphatic heterocycles. The third-order valence-corrected chi connectivity index (χ3v) is 2.68. The molecule has 0 unspecified atom stereocenters. The molecule has 0 saturated heterocycles. The maximum absolute atomic E-state index is 13.1. The summed E-state index contributed by atoms with van der Waals surface area (Å²) in [4.78, 5) is 11.2. The number of cyclic esters (lactones) is 1. The van der Waals surface area contributed by atoms with E-state index in [1.165, 1.54) is 18.1 Å². The molecule has 1 heterocycles. The Bertz CT molecular complexity index is 564. The van der Waals surface area contributed by atoms with Crippen LogP contribution in [-0.4, -0.2) is 12.3 Å². The van der Waals surface area contributed by atoms with Crippen molar-refractivity contribution in [2.24, 2.45) is 0 Å². The van der Waals surface area contributed by atoms with Crippen LogP contribution in [0.3, 0.4) is 0 Å². The number of hydrogen-bond donors (Lipinski definition) is 1. The zero-order chi connectivity index (χ0) is 13.6. The van der Waals surface area contributed by atoms with Gasteiger partial charge in [0.1, 0.15) is 0 Å². The van der Waals surface area contributed by atoms with E-state index in [9.17, 15) is 18.0 Å². The van der Waals surface area contributed by atoms with Crippen LogP contribution in [-0.2, 0) is 10.3 Å². The molecule has 3 nitrogen and oxygen atoms in total. The van der Waals surface area contributed by atoms with Crippen molar-refractivity contribution in [1.82, 2.24) is 0 Å². The molecule has 0 radical (unpaired) electrons. The summed E-state index contributed by atoms with van der Waals surface area (Å²) in [6.07, 6.45) is -1.28. The van der Waals surface area contributed by atoms with Gasteiger partial charge in [0, 0.05) is 10.6 Å². The minimum atomic E-state index is -4.95. The lowest BCUT2D eigenvalue weighted by Crippen LogP contribution is -2.49. The second kappa shape index (κ2) is 3.82. The number of amides is 1. The number of terminal acetylenes is 1. The van der Waals surface area contributed by atoms with E-state index in [0.717, 1.165) is 6.07 Å². The van der Waals surface area contributed by atoms with Crippen LogP contribution in [0.15, 0.2) is 18.2 Å². The van der Waals surface area contributed by atoms with E-state index in [2.05, 4.69) is 10.1 Å². The normalized spacial score (nSPS) is 22.5. The topological polar surface area (TPSA) is 38.3 Å². The minimum Gasteiger partial charge on any atom is -0.415 e. The first-order valence-corrected chi connectivity index (χ1v) is 5.02. The van der Waals surface area contributed by atoms with Gasteiger partial charge >= 0.3 is 12.3 Å². The summed E-state index contributed by atoms with van der Waals surface area (Å²) in [5, 5.41) is 2.19. The lowest BCUT2D eigenvalue weighted by molar-refractivity contribution is -0.239. The van der Waals surface area contributed by atoms with Crippen molar-refractivity contribution < 1.29 is 22.7 Å². The molecule has 94 valence electrons. The number of benzene rings is 1. The molecule has 1 aliphatic rings. The van der Waals surface area contributed by atoms with Crippen molar-refractivity contribution in [3.8, 4) is 12.3 Å². The fourth-order valence-corrected chi connectivity index (χ4v) is 1.82. The van der Waals surface area contributed by atoms with Gasteiger partial charge < -0.3 is 4.74 Å². The first-order chi connectivity index (χ1) is 8.30. The van der Waals surface area contributed by atoms with Crippen LogP contribution in [0.5, 0.6) is 0 Å². The van der Waals surface area contributed by atoms with Gasteiger partial charge in [-0.2, -0.15) is 13.2 Å². The van der Waals surface area contributed by atoms with Gasteiger partial charge in [-0.3, -0.25) is 5.32 Å². The molecule has 1 amide bonds. The summed E-state index contributed by atoms with van der Waals surface area (Å²) in [6, 6.07) is 3.59. The van der Waals surface area contributed by atoms with Crippen molar-refractivity contribution in [3.05, 3.63) is 28.8 Å². The molecule has 18 heavy (non-hydrogen) atoms. The molecular formula is C11H5ClF3NO2. The van der Waals surface area contributed by atoms with E-state index < -0.39 is 23.4 Å². The first kappa shape index (κ1) is 12.6. The summed E-state index contributed by atoms with van der Waals surface area (Å²) in [5.41, 5.74) is -3.61. The Morgan fingerprint density at radius 3 is 2.67 bits per heavy atom. The van der Waals surface area contributed by atoms with E-state index in [1.807, 2.05) is 0 Å². The van der Waals surface area contributed by atoms with E-state index in [1.54, 1.807) is 0 Å². The van der Waals surface area contributed by atoms with Crippen LogP contribution >= 0.6 is 11.6 Å². The highest BCUT2D eigenvalue weighted by Gasteiger charge is 2.61. The number of nitrogens with one attached hydrogen (secondary N) is 1. The standard InChI is InChI=1S/C11H5ClF3NO2/c1-2-10(11(13,14)15)7-5-6(12)3-4-8(7)16-9(17)18-10/h1,3-5H,(H,16,17)/t10-/m0/s1. The molecular weight excluding hydrogens is 271 g/mol. The monoisotopic (exact) mass is 275 g/mol. The first-order valence-electron chi connectivity index (χ1n) is 4.65. The van der Waals surface area contributed by atoms with Crippen molar-refractivity contribution in [2.75, 3.05) is 5.32 Å². The summed E-state index contributed by atoms with van der Waals surface area (Å²) < 4.78 is 43.6. The molecule has 0 bridgehead atoms. The SMILES string of the molecule is C#C[C@]1(C(F)(F)F)OC(=O)Nc2ccc(Cl)cc21. The number of ether oxygens (including phenoxy) is 1. The second-order valence-electron chi connectivity index (χ2n) is 3.53. The molecule has 7 heteroatoms. The highest BCUT2D eigenvalue weighted by Crippen LogP contribution is 2.47. The van der Waals surface area contributed by atoms with Gasteiger partial charge in [-0.15, -0.1) is 6.42 Å². The van der Waals surface area contributed by atoms with Crippen molar-refractivity contribution in [1.29, 1.82) is 0 Å². The minimum absolute atomic E-state index is 0.0531. The molecule has 0 aliphatic carbocycles. The molecule has 1 aromatic rings. The average molecular weight is 276 g/mol. The number of fused-ring (bicyclic) bond motifs is 1. The van der Waals surface area contributed by atoms with Gasteiger partial charge in [-0.1, -0.05) is 11.6 Å². The Kier molecular flexibility index (Phi) is 2.67. The summed E-state index contributed by atoms with van der Waals surface area (Å²) in [6.45, 7) is 0. The Morgan fingerprint density at radius 1 is 1.44 bits per heavy atom. The fraction of sp³-hybridized carbons (Fsp3) is 0.182. The third kappa shape index (κ3) is 1.68. The van der Waals surface area contributed by atoms with Gasteiger partial charge in [0.15, 0.2) is 0 Å². The highest BCUT2D eigenvalue weighted by atomic mass is 35.5. The number of carbonyl (C=O) groups is 1. The summed E-state index contributed by atoms with van der Waals surface area (Å²) in [5.74, 6) is 1.50. The zero-order valence-electron chi connectivity index (χ0n) is 8.64. The van der Waals surface area contributed by atoms with Crippen molar-refractivity contribution in [2.45, 2.75) is 11.8 Å². The average Bonchev–Trinajstić information content (AvgIpc) is 2.27. The molecule has 1 atom stereocenters. The van der Waals surface area contributed by atoms with E-state index in [0.29, 0.717) is 0 Å². The smallest absolute Gasteiger partial charge is 0.415 e. The molecule has 0 saturated carbocycles. The van der Waals surface area contributed by atoms with E-state index >= 15 is 0 Å². The Balaban J connectivity index is 2.75. The molecule has 0 fully saturated rings. The lowest BCUT2D eigenvalue weighted by atomic mass is 9.91. The number of alkyl halides is 3. The van der Waals surface area contributed by atoms with Crippen LogP contribution in [0, 0.1) is 12.3 Å². The predicted molar refractivity (Wildman–Crippen MR) is 58.1 cm³/mol. The highest BCUT2D eigenvalue weighted by molar-refractivity contribution is 6.30. The lowest BCUT2D eigenvalue weighted by Gasteiger charge is -2.35. The predicted octanol–water partition coefficient (Wildman–Crippen LogP) is 3.29. The van der Waals surface area contributed by atoms with Crippen molar-refractivity contribution >= 4 is 23.4 Å². The van der Waals surface area contributed by atoms with Gasteiger partial charge in [-0.05, 0) is 24.1 Å². The van der Waals surface area contributed by atoms with Crippen LogP contribution in [0.2, 0.25) is 5.02 Å². The molecule has 1 aromatic carbocycles. The zero-order valence-corrected chi connectivity index (χ0v) is 9.39. The Morgan fingerprint density at radius 2 is 2.11 bits per heavy atom. The van der Waals surface area contributed by atoms with Crippen LogP contribution in [0.25, 0.3) is 0 Å². The summed E-state index contributed by atoms with van der Waals surface area (Å²) >= 11 is 5.64. The Hall–Kier alpha value is -1.87. The van der Waals surface area contributed by atoms with Gasteiger partial charge in [-0.25, -0.2) is 4.79 Å². The third-order valence-electron chi connectivity index (χ3n) is 2.45. The number of anilines is 1. The number of halogens is 4. The molecule has 2 rings (SSSR count). The van der Waals surface area contributed by atoms with Crippen LogP contribution in [0.1, 0.15) is 5.56 Å². The number of rotatable bonds is 0. The van der Waals surface area contributed by atoms with Crippen LogP contribution in [0.4, 0.5) is 23.7 Å². The van der Waals surface area contributed by atoms with E-state index in [4.69, 9.17) is 18.0 Å². The molecule has 1 N–H and O–H groups in total. The van der Waals surface area contributed by atoms with Gasteiger partial charge in [0.25, 0.3) is 5.60 Å². The largest absolute Gasteiger partial charge is 0.445 e. The summed E-state index contributed by atoms with van der Waals surface area (Å²) in [7, 11) is 0. The fourth-order valence-electron chi connectivity index (χ4n) is 1.65. The van der Waals surface area contributed by atoms with Crippen LogP contribution < -0.4 is 5.32 Å². The maximum atomic E-state index is 13.1. The van der Waals surface area contributed by atoms with E-state index in [-0.39, 0.29) is 10.7 Å². The van der Waals surface area contributed by atoms with Crippen molar-refractivity contribution in [3.63, 3.8) is 0 Å². The number of carbonyl (C=O) groups excluding carboxylic acids is 1. The molecule has 0 aromatic heterocycles. The quantitative estimate of drug-likeness (QED) is 0.738.